The van der Waals surface area contributed by atoms with Crippen molar-refractivity contribution in [3.63, 3.8) is 0 Å². The van der Waals surface area contributed by atoms with Gasteiger partial charge in [0.25, 0.3) is 0 Å². The minimum absolute atomic E-state index is 0.256. The van der Waals surface area contributed by atoms with Crippen LogP contribution in [0, 0.1) is 12.7 Å². The zero-order chi connectivity index (χ0) is 15.4. The lowest BCUT2D eigenvalue weighted by Crippen LogP contribution is -2.28. The second kappa shape index (κ2) is 7.33. The van der Waals surface area contributed by atoms with Crippen molar-refractivity contribution >= 4 is 54.9 Å². The van der Waals surface area contributed by atoms with Gasteiger partial charge in [0.1, 0.15) is 5.82 Å². The van der Waals surface area contributed by atoms with Crippen molar-refractivity contribution < 1.29 is 4.39 Å². The van der Waals surface area contributed by atoms with E-state index in [0.717, 1.165) is 20.2 Å². The summed E-state index contributed by atoms with van der Waals surface area (Å²) >= 11 is 12.0. The molecular weight excluding hydrogens is 419 g/mol. The normalized spacial score (nSPS) is 10.3. The predicted molar refractivity (Wildman–Crippen MR) is 96.0 cm³/mol. The van der Waals surface area contributed by atoms with Gasteiger partial charge in [0.15, 0.2) is 5.11 Å². The van der Waals surface area contributed by atoms with Gasteiger partial charge < -0.3 is 10.6 Å². The number of benzene rings is 2. The number of anilines is 1. The maximum absolute atomic E-state index is 13.6. The SMILES string of the molecule is Cc1cc(NC(=S)NCc2cc(Br)ccc2F)ccc1Br. The van der Waals surface area contributed by atoms with E-state index < -0.39 is 0 Å². The summed E-state index contributed by atoms with van der Waals surface area (Å²) in [5.41, 5.74) is 2.56. The van der Waals surface area contributed by atoms with Crippen LogP contribution in [-0.2, 0) is 6.54 Å². The fourth-order valence-electron chi connectivity index (χ4n) is 1.75. The fraction of sp³-hybridized carbons (Fsp3) is 0.133. The van der Waals surface area contributed by atoms with Crippen LogP contribution in [0.4, 0.5) is 10.1 Å². The number of hydrogen-bond donors (Lipinski definition) is 2. The third kappa shape index (κ3) is 4.76. The van der Waals surface area contributed by atoms with Crippen LogP contribution in [-0.4, -0.2) is 5.11 Å². The number of aryl methyl sites for hydroxylation is 1. The molecule has 0 radical (unpaired) electrons. The molecule has 0 saturated heterocycles. The smallest absolute Gasteiger partial charge is 0.171 e. The second-order valence-electron chi connectivity index (χ2n) is 4.51. The van der Waals surface area contributed by atoms with Gasteiger partial charge in [-0.25, -0.2) is 4.39 Å². The minimum atomic E-state index is -0.256. The van der Waals surface area contributed by atoms with Gasteiger partial charge in [-0.1, -0.05) is 31.9 Å². The van der Waals surface area contributed by atoms with E-state index >= 15 is 0 Å². The van der Waals surface area contributed by atoms with Crippen molar-refractivity contribution in [3.8, 4) is 0 Å². The third-order valence-electron chi connectivity index (χ3n) is 2.86. The first-order valence-corrected chi connectivity index (χ1v) is 8.20. The highest BCUT2D eigenvalue weighted by molar-refractivity contribution is 9.10. The zero-order valence-corrected chi connectivity index (χ0v) is 15.2. The van der Waals surface area contributed by atoms with Crippen LogP contribution in [0.3, 0.4) is 0 Å². The summed E-state index contributed by atoms with van der Waals surface area (Å²) in [6, 6.07) is 10.7. The topological polar surface area (TPSA) is 24.1 Å². The Kier molecular flexibility index (Phi) is 5.72. The standard InChI is InChI=1S/C15H13Br2FN2S/c1-9-6-12(3-4-13(9)17)20-15(21)19-8-10-7-11(16)2-5-14(10)18/h2-7H,8H2,1H3,(H2,19,20,21). The van der Waals surface area contributed by atoms with Crippen LogP contribution in [0.2, 0.25) is 0 Å². The third-order valence-corrected chi connectivity index (χ3v) is 4.49. The van der Waals surface area contributed by atoms with Crippen molar-refractivity contribution in [2.75, 3.05) is 5.32 Å². The lowest BCUT2D eigenvalue weighted by atomic mass is 10.2. The molecule has 0 aliphatic heterocycles. The van der Waals surface area contributed by atoms with E-state index in [4.69, 9.17) is 12.2 Å². The molecule has 6 heteroatoms. The number of thiocarbonyl (C=S) groups is 1. The summed E-state index contributed by atoms with van der Waals surface area (Å²) in [5.74, 6) is -0.256. The molecule has 0 saturated carbocycles. The molecule has 2 nitrogen and oxygen atoms in total. The Morgan fingerprint density at radius 2 is 1.95 bits per heavy atom. The summed E-state index contributed by atoms with van der Waals surface area (Å²) in [5, 5.41) is 6.53. The van der Waals surface area contributed by atoms with Crippen LogP contribution in [0.1, 0.15) is 11.1 Å². The lowest BCUT2D eigenvalue weighted by Gasteiger charge is -2.12. The van der Waals surface area contributed by atoms with Crippen LogP contribution in [0.25, 0.3) is 0 Å². The van der Waals surface area contributed by atoms with Gasteiger partial charge >= 0.3 is 0 Å². The number of rotatable bonds is 3. The van der Waals surface area contributed by atoms with Gasteiger partial charge in [0.2, 0.25) is 0 Å². The van der Waals surface area contributed by atoms with E-state index in [9.17, 15) is 4.39 Å². The Bertz CT molecular complexity index is 677. The molecule has 0 amide bonds. The molecule has 0 fully saturated rings. The monoisotopic (exact) mass is 430 g/mol. The molecule has 0 spiro atoms. The van der Waals surface area contributed by atoms with Crippen molar-refractivity contribution in [1.82, 2.24) is 5.32 Å². The van der Waals surface area contributed by atoms with Gasteiger partial charge in [0, 0.05) is 26.7 Å². The van der Waals surface area contributed by atoms with E-state index in [0.29, 0.717) is 17.2 Å². The molecule has 2 rings (SSSR count). The first kappa shape index (κ1) is 16.4. The van der Waals surface area contributed by atoms with E-state index in [-0.39, 0.29) is 5.82 Å². The quantitative estimate of drug-likeness (QED) is 0.657. The summed E-state index contributed by atoms with van der Waals surface area (Å²) < 4.78 is 15.5. The van der Waals surface area contributed by atoms with Gasteiger partial charge in [0.05, 0.1) is 0 Å². The van der Waals surface area contributed by atoms with E-state index in [1.54, 1.807) is 12.1 Å². The first-order chi connectivity index (χ1) is 9.95. The molecule has 0 atom stereocenters. The molecule has 0 aliphatic carbocycles. The highest BCUT2D eigenvalue weighted by atomic mass is 79.9. The molecule has 0 aliphatic rings. The maximum atomic E-state index is 13.6. The number of hydrogen-bond acceptors (Lipinski definition) is 1. The average molecular weight is 432 g/mol. The summed E-state index contributed by atoms with van der Waals surface area (Å²) in [7, 11) is 0. The molecule has 0 bridgehead atoms. The van der Waals surface area contributed by atoms with E-state index in [1.807, 2.05) is 25.1 Å². The van der Waals surface area contributed by atoms with Gasteiger partial charge in [-0.3, -0.25) is 0 Å². The number of halogens is 3. The molecule has 0 unspecified atom stereocenters. The minimum Gasteiger partial charge on any atom is -0.358 e. The molecule has 110 valence electrons. The Hall–Kier alpha value is -0.980. The van der Waals surface area contributed by atoms with Crippen molar-refractivity contribution in [1.29, 1.82) is 0 Å². The highest BCUT2D eigenvalue weighted by Crippen LogP contribution is 2.20. The van der Waals surface area contributed by atoms with Crippen molar-refractivity contribution in [2.45, 2.75) is 13.5 Å². The largest absolute Gasteiger partial charge is 0.358 e. The predicted octanol–water partition coefficient (Wildman–Crippen LogP) is 5.15. The Morgan fingerprint density at radius 3 is 2.67 bits per heavy atom. The maximum Gasteiger partial charge on any atom is 0.171 e. The molecule has 21 heavy (non-hydrogen) atoms. The van der Waals surface area contributed by atoms with Gasteiger partial charge in [-0.15, -0.1) is 0 Å². The van der Waals surface area contributed by atoms with Crippen LogP contribution in [0.5, 0.6) is 0 Å². The molecule has 2 N–H and O–H groups in total. The molecule has 2 aromatic carbocycles. The average Bonchev–Trinajstić information content (AvgIpc) is 2.44. The Morgan fingerprint density at radius 1 is 1.19 bits per heavy atom. The molecular formula is C15H13Br2FN2S. The molecule has 0 heterocycles. The van der Waals surface area contributed by atoms with Crippen LogP contribution < -0.4 is 10.6 Å². The summed E-state index contributed by atoms with van der Waals surface area (Å²) in [4.78, 5) is 0. The summed E-state index contributed by atoms with van der Waals surface area (Å²) in [6.45, 7) is 2.33. The van der Waals surface area contributed by atoms with Crippen molar-refractivity contribution in [2.24, 2.45) is 0 Å². The molecule has 0 aromatic heterocycles. The number of nitrogens with one attached hydrogen (secondary N) is 2. The lowest BCUT2D eigenvalue weighted by molar-refractivity contribution is 0.606. The van der Waals surface area contributed by atoms with Gasteiger partial charge in [-0.05, 0) is 61.1 Å². The van der Waals surface area contributed by atoms with Crippen LogP contribution in [0.15, 0.2) is 45.3 Å². The summed E-state index contributed by atoms with van der Waals surface area (Å²) in [6.07, 6.45) is 0. The zero-order valence-electron chi connectivity index (χ0n) is 11.2. The Labute approximate surface area is 145 Å². The fourth-order valence-corrected chi connectivity index (χ4v) is 2.60. The van der Waals surface area contributed by atoms with E-state index in [1.165, 1.54) is 6.07 Å². The van der Waals surface area contributed by atoms with Crippen molar-refractivity contribution in [3.05, 3.63) is 62.3 Å². The highest BCUT2D eigenvalue weighted by Gasteiger charge is 2.04. The van der Waals surface area contributed by atoms with E-state index in [2.05, 4.69) is 42.5 Å². The molecule has 2 aromatic rings. The first-order valence-electron chi connectivity index (χ1n) is 6.20. The second-order valence-corrected chi connectivity index (χ2v) is 6.69. The Balaban J connectivity index is 1.95. The van der Waals surface area contributed by atoms with Gasteiger partial charge in [-0.2, -0.15) is 0 Å². The van der Waals surface area contributed by atoms with Crippen LogP contribution >= 0.6 is 44.1 Å².